The van der Waals surface area contributed by atoms with Crippen LogP contribution < -0.4 is 16.2 Å². The quantitative estimate of drug-likeness (QED) is 0.597. The van der Waals surface area contributed by atoms with E-state index in [9.17, 15) is 4.79 Å². The van der Waals surface area contributed by atoms with Crippen molar-refractivity contribution in [3.8, 4) is 0 Å². The van der Waals surface area contributed by atoms with Gasteiger partial charge in [-0.1, -0.05) is 19.8 Å². The van der Waals surface area contributed by atoms with E-state index in [0.29, 0.717) is 35.6 Å². The van der Waals surface area contributed by atoms with E-state index in [2.05, 4.69) is 30.6 Å². The van der Waals surface area contributed by atoms with Crippen LogP contribution in [0.5, 0.6) is 0 Å². The van der Waals surface area contributed by atoms with Gasteiger partial charge in [0.2, 0.25) is 0 Å². The number of hydrogen-bond acceptors (Lipinski definition) is 7. The molecular weight excluding hydrogens is 342 g/mol. The van der Waals surface area contributed by atoms with E-state index < -0.39 is 0 Å². The van der Waals surface area contributed by atoms with Crippen LogP contribution in [0, 0.1) is 5.41 Å². The lowest BCUT2D eigenvalue weighted by Gasteiger charge is -2.24. The Labute approximate surface area is 158 Å². The molecule has 0 bridgehead atoms. The molecule has 4 N–H and O–H groups in total. The van der Waals surface area contributed by atoms with Gasteiger partial charge in [-0.05, 0) is 18.9 Å². The van der Waals surface area contributed by atoms with Crippen LogP contribution in [-0.4, -0.2) is 45.3 Å². The van der Waals surface area contributed by atoms with Crippen LogP contribution in [0.3, 0.4) is 0 Å². The highest BCUT2D eigenvalue weighted by molar-refractivity contribution is 5.83. The van der Waals surface area contributed by atoms with Crippen LogP contribution in [0.15, 0.2) is 23.3 Å². The van der Waals surface area contributed by atoms with E-state index in [1.165, 1.54) is 12.8 Å². The molecule has 0 amide bonds. The maximum Gasteiger partial charge on any atom is 0.261 e. The van der Waals surface area contributed by atoms with Crippen molar-refractivity contribution in [3.05, 3.63) is 46.0 Å². The lowest BCUT2D eigenvalue weighted by atomic mass is 10.0. The van der Waals surface area contributed by atoms with E-state index in [0.717, 1.165) is 38.0 Å². The predicted molar refractivity (Wildman–Crippen MR) is 106 cm³/mol. The molecule has 0 spiro atoms. The first-order chi connectivity index (χ1) is 13.2. The molecule has 1 aliphatic carbocycles. The van der Waals surface area contributed by atoms with Crippen LogP contribution in [0.1, 0.15) is 55.7 Å². The normalized spacial score (nSPS) is 16.9. The van der Waals surface area contributed by atoms with Gasteiger partial charge in [-0.3, -0.25) is 4.79 Å². The molecule has 2 aromatic heterocycles. The molecule has 27 heavy (non-hydrogen) atoms. The minimum Gasteiger partial charge on any atom is -0.367 e. The number of H-pyrrole nitrogens is 1. The number of nitrogens with one attached hydrogen (secondary N) is 4. The number of hydrogen-bond donors (Lipinski definition) is 4. The zero-order valence-electron chi connectivity index (χ0n) is 15.7. The first-order valence-corrected chi connectivity index (χ1v) is 9.59. The van der Waals surface area contributed by atoms with Gasteiger partial charge in [0.1, 0.15) is 17.5 Å². The highest BCUT2D eigenvalue weighted by Gasteiger charge is 2.20. The van der Waals surface area contributed by atoms with Gasteiger partial charge in [0.25, 0.3) is 5.56 Å². The fourth-order valence-corrected chi connectivity index (χ4v) is 3.20. The largest absolute Gasteiger partial charge is 0.367 e. The van der Waals surface area contributed by atoms with E-state index in [1.54, 1.807) is 12.4 Å². The Balaban J connectivity index is 0.000000177. The van der Waals surface area contributed by atoms with Crippen molar-refractivity contribution in [3.63, 3.8) is 0 Å². The summed E-state index contributed by atoms with van der Waals surface area (Å²) in [6.07, 6.45) is 10.0. The Kier molecular flexibility index (Phi) is 6.64. The summed E-state index contributed by atoms with van der Waals surface area (Å²) < 4.78 is 0. The van der Waals surface area contributed by atoms with Gasteiger partial charge in [0.15, 0.2) is 0 Å². The minimum atomic E-state index is -0.229. The standard InChI is InChI=1S/C12H18N4O.C7H9N3/c1-2-10-15-11(9(7-13)12(17)16-10)14-8-5-3-4-6-8;1-2-9-7(10-3-1)6-4-8-5-6/h7-8,13H,2-6H2,1H3,(H2,14,15,16,17);1-3,6,8H,4-5H2. The third-order valence-corrected chi connectivity index (χ3v) is 4.91. The summed E-state index contributed by atoms with van der Waals surface area (Å²) in [5.74, 6) is 2.76. The molecule has 1 aliphatic heterocycles. The molecule has 8 nitrogen and oxygen atoms in total. The maximum atomic E-state index is 11.7. The molecular formula is C19H27N7O. The summed E-state index contributed by atoms with van der Waals surface area (Å²) in [5, 5.41) is 13.8. The third-order valence-electron chi connectivity index (χ3n) is 4.91. The number of nitrogens with zero attached hydrogens (tertiary/aromatic N) is 3. The molecule has 1 saturated carbocycles. The minimum absolute atomic E-state index is 0.229. The molecule has 2 fully saturated rings. The van der Waals surface area contributed by atoms with Crippen molar-refractivity contribution >= 4 is 12.0 Å². The van der Waals surface area contributed by atoms with Gasteiger partial charge in [0.05, 0.1) is 5.56 Å². The molecule has 2 aliphatic rings. The molecule has 144 valence electrons. The highest BCUT2D eigenvalue weighted by Crippen LogP contribution is 2.21. The van der Waals surface area contributed by atoms with E-state index >= 15 is 0 Å². The van der Waals surface area contributed by atoms with Crippen molar-refractivity contribution in [1.29, 1.82) is 5.41 Å². The zero-order valence-corrected chi connectivity index (χ0v) is 15.7. The second-order valence-corrected chi connectivity index (χ2v) is 6.86. The van der Waals surface area contributed by atoms with E-state index in [-0.39, 0.29) is 5.56 Å². The van der Waals surface area contributed by atoms with Gasteiger partial charge >= 0.3 is 0 Å². The number of aryl methyl sites for hydroxylation is 1. The summed E-state index contributed by atoms with van der Waals surface area (Å²) >= 11 is 0. The van der Waals surface area contributed by atoms with Gasteiger partial charge in [-0.2, -0.15) is 0 Å². The Morgan fingerprint density at radius 1 is 1.26 bits per heavy atom. The summed E-state index contributed by atoms with van der Waals surface area (Å²) in [6, 6.07) is 2.24. The number of aromatic amines is 1. The predicted octanol–water partition coefficient (Wildman–Crippen LogP) is 1.85. The highest BCUT2D eigenvalue weighted by atomic mass is 16.1. The first kappa shape index (κ1) is 19.2. The van der Waals surface area contributed by atoms with Crippen molar-refractivity contribution in [2.24, 2.45) is 0 Å². The van der Waals surface area contributed by atoms with Gasteiger partial charge in [0, 0.05) is 50.1 Å². The first-order valence-electron chi connectivity index (χ1n) is 9.59. The molecule has 3 heterocycles. The van der Waals surface area contributed by atoms with E-state index in [4.69, 9.17) is 5.41 Å². The molecule has 0 atom stereocenters. The van der Waals surface area contributed by atoms with Crippen molar-refractivity contribution in [2.45, 2.75) is 51.0 Å². The smallest absolute Gasteiger partial charge is 0.261 e. The fourth-order valence-electron chi connectivity index (χ4n) is 3.20. The molecule has 1 saturated heterocycles. The third kappa shape index (κ3) is 4.97. The lowest BCUT2D eigenvalue weighted by molar-refractivity contribution is 0.430. The Bertz CT molecular complexity index is 795. The molecule has 0 aromatic carbocycles. The van der Waals surface area contributed by atoms with Crippen LogP contribution in [0.25, 0.3) is 0 Å². The van der Waals surface area contributed by atoms with Gasteiger partial charge in [-0.25, -0.2) is 15.0 Å². The molecule has 2 aromatic rings. The lowest BCUT2D eigenvalue weighted by Crippen LogP contribution is -2.40. The maximum absolute atomic E-state index is 11.7. The Morgan fingerprint density at radius 3 is 2.52 bits per heavy atom. The molecule has 0 unspecified atom stereocenters. The zero-order chi connectivity index (χ0) is 19.1. The van der Waals surface area contributed by atoms with Crippen LogP contribution >= 0.6 is 0 Å². The summed E-state index contributed by atoms with van der Waals surface area (Å²) in [7, 11) is 0. The second kappa shape index (κ2) is 9.36. The summed E-state index contributed by atoms with van der Waals surface area (Å²) in [5.41, 5.74) is 0.0986. The average Bonchev–Trinajstić information content (AvgIpc) is 3.14. The van der Waals surface area contributed by atoms with Crippen molar-refractivity contribution in [2.75, 3.05) is 18.4 Å². The SMILES string of the molecule is CCc1nc(NC2CCCC2)c(C=N)c(=O)[nH]1.c1cnc(C2CNC2)nc1. The summed E-state index contributed by atoms with van der Waals surface area (Å²) in [6.45, 7) is 4.01. The van der Waals surface area contributed by atoms with E-state index in [1.807, 2.05) is 13.0 Å². The molecule has 8 heteroatoms. The van der Waals surface area contributed by atoms with Crippen LogP contribution in [0.2, 0.25) is 0 Å². The van der Waals surface area contributed by atoms with Crippen molar-refractivity contribution < 1.29 is 0 Å². The topological polar surface area (TPSA) is 119 Å². The number of aromatic nitrogens is 4. The van der Waals surface area contributed by atoms with Crippen LogP contribution in [0.4, 0.5) is 5.82 Å². The van der Waals surface area contributed by atoms with Crippen molar-refractivity contribution in [1.82, 2.24) is 25.3 Å². The fraction of sp³-hybridized carbons (Fsp3) is 0.526. The second-order valence-electron chi connectivity index (χ2n) is 6.86. The Hall–Kier alpha value is -2.61. The average molecular weight is 369 g/mol. The monoisotopic (exact) mass is 369 g/mol. The number of rotatable bonds is 5. The van der Waals surface area contributed by atoms with Gasteiger partial charge in [-0.15, -0.1) is 0 Å². The molecule has 0 radical (unpaired) electrons. The van der Waals surface area contributed by atoms with Crippen LogP contribution in [-0.2, 0) is 6.42 Å². The Morgan fingerprint density at radius 2 is 1.96 bits per heavy atom. The summed E-state index contributed by atoms with van der Waals surface area (Å²) in [4.78, 5) is 27.1. The van der Waals surface area contributed by atoms with Gasteiger partial charge < -0.3 is 21.0 Å². The molecule has 4 rings (SSSR count). The number of anilines is 1.